The predicted octanol–water partition coefficient (Wildman–Crippen LogP) is 9.64. The lowest BCUT2D eigenvalue weighted by molar-refractivity contribution is -0.151. The van der Waals surface area contributed by atoms with E-state index in [1.54, 1.807) is 0 Å². The fourth-order valence-corrected chi connectivity index (χ4v) is 7.10. The summed E-state index contributed by atoms with van der Waals surface area (Å²) in [6, 6.07) is 12.6. The van der Waals surface area contributed by atoms with Gasteiger partial charge in [0.15, 0.2) is 5.16 Å². The maximum atomic E-state index is 12.5. The molecule has 1 aliphatic rings. The summed E-state index contributed by atoms with van der Waals surface area (Å²) in [5.41, 5.74) is 2.30. The molecule has 2 aromatic carbocycles. The van der Waals surface area contributed by atoms with Crippen LogP contribution in [0.4, 0.5) is 0 Å². The highest BCUT2D eigenvalue weighted by Crippen LogP contribution is 2.44. The minimum atomic E-state index is -1.08. The number of carbonyl (C=O) groups is 2. The minimum Gasteiger partial charge on any atom is -0.463 e. The summed E-state index contributed by atoms with van der Waals surface area (Å²) in [5, 5.41) is 21.5. The smallest absolute Gasteiger partial charge is 0.316 e. The first-order valence-electron chi connectivity index (χ1n) is 17.9. The lowest BCUT2D eigenvalue weighted by Gasteiger charge is -2.14. The van der Waals surface area contributed by atoms with Crippen LogP contribution in [-0.2, 0) is 19.1 Å². The van der Waals surface area contributed by atoms with Crippen molar-refractivity contribution in [3.8, 4) is 5.69 Å². The van der Waals surface area contributed by atoms with E-state index in [9.17, 15) is 14.7 Å². The van der Waals surface area contributed by atoms with Gasteiger partial charge in [0, 0.05) is 11.8 Å². The normalized spacial score (nSPS) is 13.7. The minimum absolute atomic E-state index is 0.00872. The Balaban J connectivity index is 1.05. The number of aromatic nitrogens is 3. The molecule has 1 atom stereocenters. The fourth-order valence-electron chi connectivity index (χ4n) is 5.80. The van der Waals surface area contributed by atoms with Crippen molar-refractivity contribution in [1.82, 2.24) is 14.8 Å². The molecule has 1 unspecified atom stereocenters. The number of ether oxygens (including phenoxy) is 2. The standard InChI is InChI=1S/C38H52BrN3O5S/c1-2-3-4-5-6-7-8-9-10-11-12-13-14-15-16-21-35(44)46-26-30(43)27-47-36(45)28-48-38-41-40-37(39)42(38)34-25-24-31(29-22-23-29)32-19-17-18-20-33(32)34/h9-10,17-20,24-25,29-30,43H,2-8,11-16,21-23,26-28H2,1H3. The van der Waals surface area contributed by atoms with Crippen molar-refractivity contribution in [1.29, 1.82) is 0 Å². The number of thioether (sulfide) groups is 1. The molecule has 1 aliphatic carbocycles. The SMILES string of the molecule is CCCCCCCCC=CCCCCCCCC(=O)OCC(O)COC(=O)CSc1nnc(Br)n1-c1ccc(C2CC2)c2ccccc12. The summed E-state index contributed by atoms with van der Waals surface area (Å²) in [4.78, 5) is 24.6. The Labute approximate surface area is 298 Å². The summed E-state index contributed by atoms with van der Waals surface area (Å²) in [7, 11) is 0. The van der Waals surface area contributed by atoms with Gasteiger partial charge in [0.2, 0.25) is 4.73 Å². The largest absolute Gasteiger partial charge is 0.463 e. The molecule has 1 fully saturated rings. The molecule has 1 saturated carbocycles. The zero-order chi connectivity index (χ0) is 34.0. The molecule has 262 valence electrons. The first kappa shape index (κ1) is 38.1. The maximum Gasteiger partial charge on any atom is 0.316 e. The molecule has 0 radical (unpaired) electrons. The van der Waals surface area contributed by atoms with Crippen LogP contribution in [0.1, 0.15) is 121 Å². The van der Waals surface area contributed by atoms with E-state index in [4.69, 9.17) is 9.47 Å². The molecule has 3 aromatic rings. The number of aliphatic hydroxyl groups excluding tert-OH is 1. The number of allylic oxidation sites excluding steroid dienone is 2. The van der Waals surface area contributed by atoms with E-state index >= 15 is 0 Å². The average Bonchev–Trinajstić information content (AvgIpc) is 3.88. The van der Waals surface area contributed by atoms with E-state index in [-0.39, 0.29) is 24.9 Å². The van der Waals surface area contributed by atoms with E-state index in [0.717, 1.165) is 36.8 Å². The van der Waals surface area contributed by atoms with Gasteiger partial charge in [-0.1, -0.05) is 113 Å². The van der Waals surface area contributed by atoms with Crippen LogP contribution in [0.3, 0.4) is 0 Å². The third-order valence-corrected chi connectivity index (χ3v) is 10.0. The first-order valence-corrected chi connectivity index (χ1v) is 19.7. The second kappa shape index (κ2) is 21.4. The van der Waals surface area contributed by atoms with E-state index in [1.807, 2.05) is 10.6 Å². The number of rotatable bonds is 24. The summed E-state index contributed by atoms with van der Waals surface area (Å²) in [6.07, 6.45) is 21.9. The quantitative estimate of drug-likeness (QED) is 0.0419. The Kier molecular flexibility index (Phi) is 17.0. The van der Waals surface area contributed by atoms with Crippen molar-refractivity contribution in [3.63, 3.8) is 0 Å². The Morgan fingerprint density at radius 1 is 0.875 bits per heavy atom. The molecular weight excluding hydrogens is 690 g/mol. The highest BCUT2D eigenvalue weighted by molar-refractivity contribution is 9.10. The van der Waals surface area contributed by atoms with Crippen molar-refractivity contribution < 1.29 is 24.2 Å². The number of benzene rings is 2. The van der Waals surface area contributed by atoms with Crippen LogP contribution in [-0.4, -0.2) is 56.9 Å². The van der Waals surface area contributed by atoms with Gasteiger partial charge in [0.1, 0.15) is 19.3 Å². The van der Waals surface area contributed by atoms with Crippen molar-refractivity contribution in [2.24, 2.45) is 0 Å². The van der Waals surface area contributed by atoms with Crippen LogP contribution >= 0.6 is 27.7 Å². The second-order valence-corrected chi connectivity index (χ2v) is 14.4. The van der Waals surface area contributed by atoms with Gasteiger partial charge in [0.05, 0.1) is 11.4 Å². The molecule has 4 rings (SSSR count). The van der Waals surface area contributed by atoms with Crippen LogP contribution in [0.5, 0.6) is 0 Å². The van der Waals surface area contributed by atoms with Crippen molar-refractivity contribution in [3.05, 3.63) is 58.8 Å². The van der Waals surface area contributed by atoms with E-state index in [1.165, 1.54) is 93.3 Å². The molecule has 1 N–H and O–H groups in total. The molecule has 10 heteroatoms. The second-order valence-electron chi connectivity index (χ2n) is 12.7. The Bertz CT molecular complexity index is 1460. The Hall–Kier alpha value is -2.69. The molecule has 1 aromatic heterocycles. The monoisotopic (exact) mass is 741 g/mol. The van der Waals surface area contributed by atoms with Crippen LogP contribution in [0.2, 0.25) is 0 Å². The summed E-state index contributed by atoms with van der Waals surface area (Å²) < 4.78 is 12.9. The van der Waals surface area contributed by atoms with E-state index in [0.29, 0.717) is 22.2 Å². The Morgan fingerprint density at radius 3 is 2.19 bits per heavy atom. The number of hydrogen-bond acceptors (Lipinski definition) is 8. The summed E-state index contributed by atoms with van der Waals surface area (Å²) in [6.45, 7) is 1.81. The molecule has 1 heterocycles. The van der Waals surface area contributed by atoms with Gasteiger partial charge in [-0.25, -0.2) is 0 Å². The molecule has 0 saturated heterocycles. The zero-order valence-corrected chi connectivity index (χ0v) is 30.8. The van der Waals surface area contributed by atoms with E-state index in [2.05, 4.69) is 75.5 Å². The van der Waals surface area contributed by atoms with Crippen molar-refractivity contribution >= 4 is 50.4 Å². The molecule has 0 spiro atoms. The maximum absolute atomic E-state index is 12.5. The molecule has 0 amide bonds. The number of aliphatic hydroxyl groups is 1. The number of carbonyl (C=O) groups excluding carboxylic acids is 2. The molecule has 48 heavy (non-hydrogen) atoms. The van der Waals surface area contributed by atoms with Gasteiger partial charge < -0.3 is 14.6 Å². The zero-order valence-electron chi connectivity index (χ0n) is 28.4. The van der Waals surface area contributed by atoms with Crippen LogP contribution < -0.4 is 0 Å². The van der Waals surface area contributed by atoms with Crippen molar-refractivity contribution in [2.45, 2.75) is 127 Å². The number of esters is 2. The number of unbranched alkanes of at least 4 members (excludes halogenated alkanes) is 11. The van der Waals surface area contributed by atoms with Crippen LogP contribution in [0, 0.1) is 0 Å². The number of hydrogen-bond donors (Lipinski definition) is 1. The molecule has 0 bridgehead atoms. The average molecular weight is 743 g/mol. The van der Waals surface area contributed by atoms with Gasteiger partial charge in [-0.2, -0.15) is 0 Å². The van der Waals surface area contributed by atoms with Gasteiger partial charge in [-0.15, -0.1) is 10.2 Å². The lowest BCUT2D eigenvalue weighted by Crippen LogP contribution is -2.25. The predicted molar refractivity (Wildman–Crippen MR) is 197 cm³/mol. The third kappa shape index (κ3) is 13.0. The topological polar surface area (TPSA) is 104 Å². The number of fused-ring (bicyclic) bond motifs is 1. The van der Waals surface area contributed by atoms with Gasteiger partial charge >= 0.3 is 11.9 Å². The number of halogens is 1. The van der Waals surface area contributed by atoms with Gasteiger partial charge in [-0.05, 0) is 83.8 Å². The summed E-state index contributed by atoms with van der Waals surface area (Å²) in [5.74, 6) is -0.229. The molecule has 0 aliphatic heterocycles. The highest BCUT2D eigenvalue weighted by atomic mass is 79.9. The fraction of sp³-hybridized carbons (Fsp3) is 0.579. The Morgan fingerprint density at radius 2 is 1.50 bits per heavy atom. The van der Waals surface area contributed by atoms with Crippen LogP contribution in [0.15, 0.2) is 58.4 Å². The van der Waals surface area contributed by atoms with E-state index < -0.39 is 12.1 Å². The van der Waals surface area contributed by atoms with Crippen LogP contribution in [0.25, 0.3) is 16.5 Å². The lowest BCUT2D eigenvalue weighted by atomic mass is 9.99. The molecular formula is C38H52BrN3O5S. The number of nitrogens with zero attached hydrogens (tertiary/aromatic N) is 3. The summed E-state index contributed by atoms with van der Waals surface area (Å²) >= 11 is 4.73. The highest BCUT2D eigenvalue weighted by Gasteiger charge is 2.26. The van der Waals surface area contributed by atoms with Gasteiger partial charge in [-0.3, -0.25) is 14.2 Å². The molecule has 8 nitrogen and oxygen atoms in total. The first-order chi connectivity index (χ1) is 23.5. The third-order valence-electron chi connectivity index (χ3n) is 8.62. The van der Waals surface area contributed by atoms with Gasteiger partial charge in [0.25, 0.3) is 0 Å². The van der Waals surface area contributed by atoms with Crippen molar-refractivity contribution in [2.75, 3.05) is 19.0 Å².